The van der Waals surface area contributed by atoms with E-state index < -0.39 is 14.6 Å². The van der Waals surface area contributed by atoms with E-state index in [-0.39, 0.29) is 0 Å². The van der Waals surface area contributed by atoms with Crippen LogP contribution in [-0.4, -0.2) is 32.5 Å². The third-order valence-electron chi connectivity index (χ3n) is 2.92. The lowest BCUT2D eigenvalue weighted by atomic mass is 10.0. The van der Waals surface area contributed by atoms with Gasteiger partial charge >= 0.3 is 0 Å². The minimum atomic E-state index is -2.96. The second-order valence-corrected chi connectivity index (χ2v) is 8.29. The van der Waals surface area contributed by atoms with Gasteiger partial charge < -0.3 is 5.32 Å². The summed E-state index contributed by atoms with van der Waals surface area (Å²) in [6.07, 6.45) is 2.98. The third-order valence-corrected chi connectivity index (χ3v) is 5.56. The Labute approximate surface area is 101 Å². The van der Waals surface area contributed by atoms with Crippen LogP contribution in [0.2, 0.25) is 0 Å². The number of rotatable bonds is 7. The van der Waals surface area contributed by atoms with Gasteiger partial charge in [0.15, 0.2) is 9.84 Å². The molecule has 0 heterocycles. The van der Waals surface area contributed by atoms with E-state index in [1.807, 2.05) is 7.05 Å². The van der Waals surface area contributed by atoms with E-state index in [2.05, 4.69) is 12.2 Å². The number of nitrogens with one attached hydrogen (secondary N) is 1. The van der Waals surface area contributed by atoms with Gasteiger partial charge in [-0.25, -0.2) is 8.42 Å². The molecule has 3 nitrogen and oxygen atoms in total. The standard InChI is InChI=1S/C12H27NO2S/c1-6-7-11(10-13-5)8-9-16(14,15)12(2,3)4/h11,13H,6-10H2,1-5H3. The van der Waals surface area contributed by atoms with Gasteiger partial charge in [-0.2, -0.15) is 0 Å². The SMILES string of the molecule is CCCC(CCS(=O)(=O)C(C)(C)C)CNC. The molecule has 0 bridgehead atoms. The number of hydrogen-bond acceptors (Lipinski definition) is 3. The molecular formula is C12H27NO2S. The van der Waals surface area contributed by atoms with Crippen LogP contribution in [0.5, 0.6) is 0 Å². The lowest BCUT2D eigenvalue weighted by molar-refractivity contribution is 0.441. The summed E-state index contributed by atoms with van der Waals surface area (Å²) < 4.78 is 23.3. The molecule has 0 amide bonds. The minimum Gasteiger partial charge on any atom is -0.319 e. The summed E-state index contributed by atoms with van der Waals surface area (Å²) in [7, 11) is -1.04. The predicted molar refractivity (Wildman–Crippen MR) is 70.5 cm³/mol. The molecule has 0 aromatic carbocycles. The maximum atomic E-state index is 11.9. The molecule has 0 aliphatic rings. The molecular weight excluding hydrogens is 222 g/mol. The largest absolute Gasteiger partial charge is 0.319 e. The average molecular weight is 249 g/mol. The first-order valence-electron chi connectivity index (χ1n) is 6.11. The quantitative estimate of drug-likeness (QED) is 0.752. The van der Waals surface area contributed by atoms with Gasteiger partial charge in [-0.15, -0.1) is 0 Å². The highest BCUT2D eigenvalue weighted by Crippen LogP contribution is 2.20. The molecule has 0 saturated heterocycles. The molecule has 0 fully saturated rings. The van der Waals surface area contributed by atoms with Gasteiger partial charge in [0.25, 0.3) is 0 Å². The van der Waals surface area contributed by atoms with Gasteiger partial charge in [-0.1, -0.05) is 13.3 Å². The summed E-state index contributed by atoms with van der Waals surface area (Å²) in [6, 6.07) is 0. The van der Waals surface area contributed by atoms with Crippen molar-refractivity contribution >= 4 is 9.84 Å². The molecule has 0 radical (unpaired) electrons. The van der Waals surface area contributed by atoms with Gasteiger partial charge in [-0.05, 0) is 53.1 Å². The molecule has 0 aromatic rings. The molecule has 1 atom stereocenters. The first kappa shape index (κ1) is 15.9. The fraction of sp³-hybridized carbons (Fsp3) is 1.00. The summed E-state index contributed by atoms with van der Waals surface area (Å²) >= 11 is 0. The van der Waals surface area contributed by atoms with Crippen LogP contribution in [0.15, 0.2) is 0 Å². The van der Waals surface area contributed by atoms with Crippen molar-refractivity contribution in [3.05, 3.63) is 0 Å². The van der Waals surface area contributed by atoms with Crippen molar-refractivity contribution in [1.82, 2.24) is 5.32 Å². The average Bonchev–Trinajstić information content (AvgIpc) is 2.13. The first-order chi connectivity index (χ1) is 7.24. The van der Waals surface area contributed by atoms with Crippen molar-refractivity contribution in [1.29, 1.82) is 0 Å². The van der Waals surface area contributed by atoms with E-state index >= 15 is 0 Å². The Morgan fingerprint density at radius 3 is 2.12 bits per heavy atom. The van der Waals surface area contributed by atoms with E-state index in [0.29, 0.717) is 11.7 Å². The smallest absolute Gasteiger partial charge is 0.155 e. The maximum absolute atomic E-state index is 11.9. The Hall–Kier alpha value is -0.0900. The van der Waals surface area contributed by atoms with Crippen LogP contribution in [0.25, 0.3) is 0 Å². The highest BCUT2D eigenvalue weighted by Gasteiger charge is 2.29. The Kier molecular flexibility index (Phi) is 6.56. The van der Waals surface area contributed by atoms with E-state index in [9.17, 15) is 8.42 Å². The van der Waals surface area contributed by atoms with Crippen LogP contribution >= 0.6 is 0 Å². The normalized spacial score (nSPS) is 15.1. The zero-order valence-corrected chi connectivity index (χ0v) is 12.2. The van der Waals surface area contributed by atoms with Gasteiger partial charge in [0.2, 0.25) is 0 Å². The van der Waals surface area contributed by atoms with Crippen molar-refractivity contribution in [2.24, 2.45) is 5.92 Å². The van der Waals surface area contributed by atoms with E-state index in [0.717, 1.165) is 25.8 Å². The van der Waals surface area contributed by atoms with Crippen LogP contribution in [0.4, 0.5) is 0 Å². The van der Waals surface area contributed by atoms with Gasteiger partial charge in [0.1, 0.15) is 0 Å². The monoisotopic (exact) mass is 249 g/mol. The Bertz CT molecular complexity index is 272. The van der Waals surface area contributed by atoms with Crippen molar-refractivity contribution in [2.45, 2.75) is 51.7 Å². The van der Waals surface area contributed by atoms with Crippen LogP contribution in [0.3, 0.4) is 0 Å². The fourth-order valence-electron chi connectivity index (χ4n) is 1.67. The zero-order valence-electron chi connectivity index (χ0n) is 11.3. The Morgan fingerprint density at radius 2 is 1.75 bits per heavy atom. The number of sulfone groups is 1. The molecule has 1 N–H and O–H groups in total. The first-order valence-corrected chi connectivity index (χ1v) is 7.76. The van der Waals surface area contributed by atoms with Gasteiger partial charge in [-0.3, -0.25) is 0 Å². The molecule has 4 heteroatoms. The summed E-state index contributed by atoms with van der Waals surface area (Å²) in [5, 5.41) is 3.13. The molecule has 0 rings (SSSR count). The van der Waals surface area contributed by atoms with Crippen molar-refractivity contribution in [2.75, 3.05) is 19.3 Å². The summed E-state index contributed by atoms with van der Waals surface area (Å²) in [4.78, 5) is 0. The van der Waals surface area contributed by atoms with Crippen molar-refractivity contribution in [3.63, 3.8) is 0 Å². The molecule has 1 unspecified atom stereocenters. The fourth-order valence-corrected chi connectivity index (χ4v) is 2.93. The molecule has 0 saturated carbocycles. The van der Waals surface area contributed by atoms with E-state index in [4.69, 9.17) is 0 Å². The topological polar surface area (TPSA) is 46.2 Å². The van der Waals surface area contributed by atoms with E-state index in [1.54, 1.807) is 20.8 Å². The second-order valence-electron chi connectivity index (χ2n) is 5.43. The highest BCUT2D eigenvalue weighted by molar-refractivity contribution is 7.92. The number of hydrogen-bond donors (Lipinski definition) is 1. The molecule has 0 aliphatic carbocycles. The summed E-state index contributed by atoms with van der Waals surface area (Å²) in [6.45, 7) is 8.37. The lowest BCUT2D eigenvalue weighted by Gasteiger charge is -2.21. The molecule has 16 heavy (non-hydrogen) atoms. The summed E-state index contributed by atoms with van der Waals surface area (Å²) in [5.74, 6) is 0.787. The molecule has 0 aliphatic heterocycles. The van der Waals surface area contributed by atoms with Crippen LogP contribution in [0.1, 0.15) is 47.0 Å². The molecule has 98 valence electrons. The second kappa shape index (κ2) is 6.60. The van der Waals surface area contributed by atoms with Gasteiger partial charge in [0.05, 0.1) is 10.5 Å². The van der Waals surface area contributed by atoms with E-state index in [1.165, 1.54) is 0 Å². The van der Waals surface area contributed by atoms with Crippen LogP contribution < -0.4 is 5.32 Å². The highest BCUT2D eigenvalue weighted by atomic mass is 32.2. The maximum Gasteiger partial charge on any atom is 0.155 e. The zero-order chi connectivity index (χ0) is 12.8. The van der Waals surface area contributed by atoms with Crippen molar-refractivity contribution < 1.29 is 8.42 Å². The summed E-state index contributed by atoms with van der Waals surface area (Å²) in [5.41, 5.74) is 0. The predicted octanol–water partition coefficient (Wildman–Crippen LogP) is 2.23. The van der Waals surface area contributed by atoms with Gasteiger partial charge in [0, 0.05) is 0 Å². The molecule has 0 spiro atoms. The third kappa shape index (κ3) is 5.30. The Balaban J connectivity index is 4.30. The lowest BCUT2D eigenvalue weighted by Crippen LogP contribution is -2.32. The Morgan fingerprint density at radius 1 is 1.19 bits per heavy atom. The molecule has 0 aromatic heterocycles. The van der Waals surface area contributed by atoms with Crippen LogP contribution in [-0.2, 0) is 9.84 Å². The van der Waals surface area contributed by atoms with Crippen LogP contribution in [0, 0.1) is 5.92 Å². The minimum absolute atomic E-state index is 0.308. The van der Waals surface area contributed by atoms with Crippen molar-refractivity contribution in [3.8, 4) is 0 Å².